The van der Waals surface area contributed by atoms with Crippen molar-refractivity contribution in [3.05, 3.63) is 27.7 Å². The zero-order chi connectivity index (χ0) is 15.6. The van der Waals surface area contributed by atoms with Crippen molar-refractivity contribution in [1.29, 1.82) is 0 Å². The Bertz CT molecular complexity index is 537. The number of aryl methyl sites for hydroxylation is 1. The Morgan fingerprint density at radius 1 is 1.48 bits per heavy atom. The fourth-order valence-corrected chi connectivity index (χ4v) is 3.18. The Labute approximate surface area is 135 Å². The van der Waals surface area contributed by atoms with Gasteiger partial charge in [-0.3, -0.25) is 9.69 Å². The van der Waals surface area contributed by atoms with Crippen molar-refractivity contribution in [1.82, 2.24) is 4.90 Å². The number of benzene rings is 1. The van der Waals surface area contributed by atoms with Crippen molar-refractivity contribution in [2.45, 2.75) is 26.3 Å². The minimum Gasteiger partial charge on any atom is -0.395 e. The third kappa shape index (κ3) is 3.69. The van der Waals surface area contributed by atoms with Crippen molar-refractivity contribution < 1.29 is 9.90 Å². The summed E-state index contributed by atoms with van der Waals surface area (Å²) >= 11 is 12.3. The van der Waals surface area contributed by atoms with E-state index >= 15 is 0 Å². The molecule has 2 atom stereocenters. The maximum absolute atomic E-state index is 12.2. The van der Waals surface area contributed by atoms with E-state index in [2.05, 4.69) is 12.2 Å². The SMILES string of the molecule is Cc1ccc(Cl)c(NC(=O)CN2CCC(C)C2CO)c1Cl. The van der Waals surface area contributed by atoms with Gasteiger partial charge in [0.15, 0.2) is 0 Å². The molecular weight excluding hydrogens is 311 g/mol. The molecule has 0 spiro atoms. The van der Waals surface area contributed by atoms with Gasteiger partial charge in [0.2, 0.25) is 5.91 Å². The summed E-state index contributed by atoms with van der Waals surface area (Å²) in [4.78, 5) is 14.2. The number of carbonyl (C=O) groups is 1. The van der Waals surface area contributed by atoms with Crippen LogP contribution in [0.25, 0.3) is 0 Å². The first-order chi connectivity index (χ1) is 9.93. The van der Waals surface area contributed by atoms with Gasteiger partial charge >= 0.3 is 0 Å². The number of amides is 1. The summed E-state index contributed by atoms with van der Waals surface area (Å²) in [6.45, 7) is 5.07. The Hall–Kier alpha value is -0.810. The van der Waals surface area contributed by atoms with E-state index in [4.69, 9.17) is 23.2 Å². The van der Waals surface area contributed by atoms with E-state index < -0.39 is 0 Å². The van der Waals surface area contributed by atoms with E-state index in [9.17, 15) is 9.90 Å². The van der Waals surface area contributed by atoms with Gasteiger partial charge in [-0.1, -0.05) is 36.2 Å². The predicted octanol–water partition coefficient (Wildman–Crippen LogP) is 2.94. The summed E-state index contributed by atoms with van der Waals surface area (Å²) in [5.41, 5.74) is 1.32. The quantitative estimate of drug-likeness (QED) is 0.892. The van der Waals surface area contributed by atoms with Crippen LogP contribution < -0.4 is 5.32 Å². The second-order valence-corrected chi connectivity index (χ2v) is 6.37. The van der Waals surface area contributed by atoms with Gasteiger partial charge < -0.3 is 10.4 Å². The summed E-state index contributed by atoms with van der Waals surface area (Å²) in [7, 11) is 0. The maximum Gasteiger partial charge on any atom is 0.238 e. The van der Waals surface area contributed by atoms with Crippen molar-refractivity contribution in [3.8, 4) is 0 Å². The highest BCUT2D eigenvalue weighted by molar-refractivity contribution is 6.40. The molecule has 4 nitrogen and oxygen atoms in total. The van der Waals surface area contributed by atoms with Gasteiger partial charge in [0, 0.05) is 6.04 Å². The van der Waals surface area contributed by atoms with Gasteiger partial charge in [-0.2, -0.15) is 0 Å². The third-order valence-electron chi connectivity index (χ3n) is 4.08. The molecule has 2 N–H and O–H groups in total. The highest BCUT2D eigenvalue weighted by Crippen LogP contribution is 2.33. The van der Waals surface area contributed by atoms with Gasteiger partial charge in [0.05, 0.1) is 28.9 Å². The number of hydrogen-bond donors (Lipinski definition) is 2. The fourth-order valence-electron chi connectivity index (χ4n) is 2.71. The third-order valence-corrected chi connectivity index (χ3v) is 4.88. The van der Waals surface area contributed by atoms with Crippen LogP contribution in [0.2, 0.25) is 10.0 Å². The average Bonchev–Trinajstić information content (AvgIpc) is 2.79. The Kier molecular flexibility index (Phi) is 5.49. The first kappa shape index (κ1) is 16.6. The standard InChI is InChI=1S/C15H20Cl2N2O2/c1-9-5-6-19(12(9)8-20)7-13(21)18-15-11(16)4-3-10(2)14(15)17/h3-4,9,12,20H,5-8H2,1-2H3,(H,18,21). The van der Waals surface area contributed by atoms with E-state index in [-0.39, 0.29) is 25.1 Å². The molecule has 21 heavy (non-hydrogen) atoms. The summed E-state index contributed by atoms with van der Waals surface area (Å²) in [5, 5.41) is 13.1. The molecule has 0 saturated carbocycles. The Morgan fingerprint density at radius 3 is 2.86 bits per heavy atom. The molecule has 1 aliphatic heterocycles. The van der Waals surface area contributed by atoms with Crippen LogP contribution >= 0.6 is 23.2 Å². The van der Waals surface area contributed by atoms with Crippen LogP contribution in [0.3, 0.4) is 0 Å². The largest absolute Gasteiger partial charge is 0.395 e. The number of aliphatic hydroxyl groups excluding tert-OH is 1. The smallest absolute Gasteiger partial charge is 0.238 e. The highest BCUT2D eigenvalue weighted by Gasteiger charge is 2.31. The molecule has 2 rings (SSSR count). The number of hydrogen-bond acceptors (Lipinski definition) is 3. The van der Waals surface area contributed by atoms with Gasteiger partial charge in [-0.25, -0.2) is 0 Å². The molecule has 0 radical (unpaired) electrons. The topological polar surface area (TPSA) is 52.6 Å². The van der Waals surface area contributed by atoms with E-state index in [1.807, 2.05) is 17.9 Å². The lowest BCUT2D eigenvalue weighted by Crippen LogP contribution is -2.40. The summed E-state index contributed by atoms with van der Waals surface area (Å²) in [6, 6.07) is 3.57. The molecular formula is C15H20Cl2N2O2. The molecule has 1 amide bonds. The van der Waals surface area contributed by atoms with Crippen LogP contribution in [0, 0.1) is 12.8 Å². The summed E-state index contributed by atoms with van der Waals surface area (Å²) in [5.74, 6) is 0.228. The van der Waals surface area contributed by atoms with Crippen LogP contribution in [-0.4, -0.2) is 41.7 Å². The van der Waals surface area contributed by atoms with Crippen molar-refractivity contribution in [2.24, 2.45) is 5.92 Å². The van der Waals surface area contributed by atoms with Gasteiger partial charge in [0.25, 0.3) is 0 Å². The van der Waals surface area contributed by atoms with Crippen LogP contribution in [-0.2, 0) is 4.79 Å². The van der Waals surface area contributed by atoms with E-state index in [0.717, 1.165) is 18.5 Å². The van der Waals surface area contributed by atoms with E-state index in [0.29, 0.717) is 21.7 Å². The molecule has 0 aliphatic carbocycles. The molecule has 2 unspecified atom stereocenters. The van der Waals surface area contributed by atoms with Crippen LogP contribution in [0.1, 0.15) is 18.9 Å². The fraction of sp³-hybridized carbons (Fsp3) is 0.533. The van der Waals surface area contributed by atoms with E-state index in [1.165, 1.54) is 0 Å². The maximum atomic E-state index is 12.2. The first-order valence-electron chi connectivity index (χ1n) is 7.03. The molecule has 116 valence electrons. The Morgan fingerprint density at radius 2 is 2.19 bits per heavy atom. The van der Waals surface area contributed by atoms with Crippen molar-refractivity contribution in [3.63, 3.8) is 0 Å². The number of carbonyl (C=O) groups excluding carboxylic acids is 1. The zero-order valence-corrected chi connectivity index (χ0v) is 13.7. The van der Waals surface area contributed by atoms with Crippen LogP contribution in [0.15, 0.2) is 12.1 Å². The summed E-state index contributed by atoms with van der Waals surface area (Å²) < 4.78 is 0. The minimum absolute atomic E-state index is 0.0409. The number of nitrogens with one attached hydrogen (secondary N) is 1. The number of rotatable bonds is 4. The normalized spacial score (nSPS) is 22.5. The van der Waals surface area contributed by atoms with E-state index in [1.54, 1.807) is 6.07 Å². The van der Waals surface area contributed by atoms with Gasteiger partial charge in [-0.05, 0) is 37.4 Å². The molecule has 1 heterocycles. The molecule has 0 bridgehead atoms. The molecule has 0 aromatic heterocycles. The molecule has 6 heteroatoms. The lowest BCUT2D eigenvalue weighted by atomic mass is 10.0. The highest BCUT2D eigenvalue weighted by atomic mass is 35.5. The zero-order valence-electron chi connectivity index (χ0n) is 12.2. The number of anilines is 1. The first-order valence-corrected chi connectivity index (χ1v) is 7.79. The molecule has 1 aromatic rings. The monoisotopic (exact) mass is 330 g/mol. The lowest BCUT2D eigenvalue weighted by molar-refractivity contribution is -0.117. The predicted molar refractivity (Wildman–Crippen MR) is 86.1 cm³/mol. The van der Waals surface area contributed by atoms with Crippen molar-refractivity contribution in [2.75, 3.05) is 25.0 Å². The van der Waals surface area contributed by atoms with Gasteiger partial charge in [-0.15, -0.1) is 0 Å². The lowest BCUT2D eigenvalue weighted by Gasteiger charge is -2.24. The number of aliphatic hydroxyl groups is 1. The van der Waals surface area contributed by atoms with Crippen LogP contribution in [0.5, 0.6) is 0 Å². The average molecular weight is 331 g/mol. The second kappa shape index (κ2) is 6.97. The number of halogens is 2. The van der Waals surface area contributed by atoms with Crippen molar-refractivity contribution >= 4 is 34.8 Å². The summed E-state index contributed by atoms with van der Waals surface area (Å²) in [6.07, 6.45) is 0.991. The molecule has 1 aromatic carbocycles. The van der Waals surface area contributed by atoms with Gasteiger partial charge in [0.1, 0.15) is 0 Å². The number of likely N-dealkylation sites (tertiary alicyclic amines) is 1. The van der Waals surface area contributed by atoms with Crippen LogP contribution in [0.4, 0.5) is 5.69 Å². The Balaban J connectivity index is 2.04. The molecule has 1 fully saturated rings. The molecule has 1 aliphatic rings. The molecule has 1 saturated heterocycles. The minimum atomic E-state index is -0.169. The number of nitrogens with zero attached hydrogens (tertiary/aromatic N) is 1. The second-order valence-electron chi connectivity index (χ2n) is 5.59.